The number of carbonyl (C=O) groups is 5. The largest absolute Gasteiger partial charge is 0.444 e. The Morgan fingerprint density at radius 3 is 2.51 bits per heavy atom. The molecule has 17 heteroatoms. The zero-order valence-corrected chi connectivity index (χ0v) is 33.1. The van der Waals surface area contributed by atoms with Gasteiger partial charge in [0.25, 0.3) is 5.91 Å². The Kier molecular flexibility index (Phi) is 12.2. The normalized spacial score (nSPS) is 27.5. The van der Waals surface area contributed by atoms with Crippen LogP contribution in [0.3, 0.4) is 0 Å². The number of nitrogens with one attached hydrogen (secondary N) is 4. The lowest BCUT2D eigenvalue weighted by Crippen LogP contribution is -2.59. The van der Waals surface area contributed by atoms with Crippen LogP contribution in [0.1, 0.15) is 103 Å². The number of nitrogens with zero attached hydrogens (tertiary/aromatic N) is 2. The number of hydrogen-bond acceptors (Lipinski definition) is 9. The summed E-state index contributed by atoms with van der Waals surface area (Å²) in [6.45, 7) is 5.45. The molecule has 0 aromatic heterocycles. The van der Waals surface area contributed by atoms with E-state index in [1.165, 1.54) is 9.80 Å². The molecule has 0 spiro atoms. The van der Waals surface area contributed by atoms with Gasteiger partial charge in [-0.25, -0.2) is 14.3 Å². The molecule has 0 bridgehead atoms. The van der Waals surface area contributed by atoms with Crippen LogP contribution < -0.4 is 20.1 Å². The van der Waals surface area contributed by atoms with Gasteiger partial charge in [-0.15, -0.1) is 5.73 Å². The number of carbonyl (C=O) groups excluding carboxylic acids is 5. The van der Waals surface area contributed by atoms with Gasteiger partial charge in [0.05, 0.1) is 13.1 Å². The highest BCUT2D eigenvalue weighted by atomic mass is 35.5. The van der Waals surface area contributed by atoms with Crippen LogP contribution in [0.2, 0.25) is 5.02 Å². The Balaban J connectivity index is 1.25. The van der Waals surface area contributed by atoms with Gasteiger partial charge in [-0.05, 0) is 88.6 Å². The van der Waals surface area contributed by atoms with Crippen LogP contribution in [0.15, 0.2) is 36.1 Å². The van der Waals surface area contributed by atoms with Gasteiger partial charge in [0.15, 0.2) is 0 Å². The quantitative estimate of drug-likeness (QED) is 0.307. The molecule has 2 saturated carbocycles. The Hall–Kier alpha value is -4.11. The molecule has 5 amide bonds. The molecule has 3 fully saturated rings. The minimum atomic E-state index is -4.25. The molecule has 1 aromatic rings. The number of alkyl carbamates (subject to hydrolysis) is 1. The lowest BCUT2D eigenvalue weighted by Gasteiger charge is -2.30. The van der Waals surface area contributed by atoms with E-state index in [0.717, 1.165) is 36.8 Å². The first-order chi connectivity index (χ1) is 26.0. The zero-order chi connectivity index (χ0) is 39.5. The van der Waals surface area contributed by atoms with Crippen molar-refractivity contribution >= 4 is 51.7 Å². The highest BCUT2D eigenvalue weighted by Gasteiger charge is 2.62. The molecule has 1 aromatic carbocycles. The minimum Gasteiger partial charge on any atom is -0.444 e. The van der Waals surface area contributed by atoms with Gasteiger partial charge < -0.3 is 25.0 Å². The number of ether oxygens (including phenoxy) is 2. The number of hydrogen-bond donors (Lipinski definition) is 4. The molecule has 300 valence electrons. The molecule has 55 heavy (non-hydrogen) atoms. The third-order valence-corrected chi connectivity index (χ3v) is 12.2. The predicted octanol–water partition coefficient (Wildman–Crippen LogP) is 4.10. The smallest absolute Gasteiger partial charge is 0.410 e. The molecule has 1 saturated heterocycles. The summed E-state index contributed by atoms with van der Waals surface area (Å²) in [6.07, 6.45) is 7.15. The summed E-state index contributed by atoms with van der Waals surface area (Å²) in [5, 5.41) is 6.02. The maximum Gasteiger partial charge on any atom is 0.410 e. The summed E-state index contributed by atoms with van der Waals surface area (Å²) < 4.78 is 42.1. The fourth-order valence-electron chi connectivity index (χ4n) is 7.81. The van der Waals surface area contributed by atoms with Crippen molar-refractivity contribution in [3.8, 4) is 0 Å². The molecule has 3 aliphatic heterocycles. The van der Waals surface area contributed by atoms with E-state index in [4.69, 9.17) is 21.1 Å². The summed E-state index contributed by atoms with van der Waals surface area (Å²) in [4.78, 5) is 71.8. The van der Waals surface area contributed by atoms with E-state index < -0.39 is 75.4 Å². The van der Waals surface area contributed by atoms with Crippen molar-refractivity contribution in [2.75, 3.05) is 6.54 Å². The zero-order valence-electron chi connectivity index (χ0n) is 31.5. The van der Waals surface area contributed by atoms with E-state index in [-0.39, 0.29) is 44.9 Å². The monoisotopic (exact) mass is 802 g/mol. The van der Waals surface area contributed by atoms with Crippen LogP contribution in [-0.4, -0.2) is 90.0 Å². The minimum absolute atomic E-state index is 0.102. The maximum absolute atomic E-state index is 14.4. The average Bonchev–Trinajstić information content (AvgIpc) is 3.51. The molecule has 0 radical (unpaired) electrons. The SMILES string of the molecule is CC(C)(C)OC(=O)N[C@H]1CCCCCC=C=C[C@@H]2C[C@@]2(C(=O)NS(=O)(=O)NC2CCCC2)NC(=O)[C@@H]2C[C@@H](OC(=O)N3Cc4cccc(Cl)c4C3)CN2C1=O. The van der Waals surface area contributed by atoms with Crippen LogP contribution in [0, 0.1) is 5.92 Å². The molecule has 2 aliphatic carbocycles. The second-order valence-electron chi connectivity index (χ2n) is 16.2. The molecule has 3 heterocycles. The first kappa shape index (κ1) is 40.6. The van der Waals surface area contributed by atoms with Gasteiger partial charge in [0.1, 0.15) is 29.3 Å². The van der Waals surface area contributed by atoms with Gasteiger partial charge >= 0.3 is 22.4 Å². The number of rotatable bonds is 6. The Morgan fingerprint density at radius 1 is 1.04 bits per heavy atom. The molecule has 5 atom stereocenters. The molecular weight excluding hydrogens is 752 g/mol. The fourth-order valence-corrected chi connectivity index (χ4v) is 9.22. The summed E-state index contributed by atoms with van der Waals surface area (Å²) in [5.41, 5.74) is 2.32. The Morgan fingerprint density at radius 2 is 1.78 bits per heavy atom. The van der Waals surface area contributed by atoms with Crippen LogP contribution in [0.4, 0.5) is 9.59 Å². The van der Waals surface area contributed by atoms with E-state index >= 15 is 0 Å². The van der Waals surface area contributed by atoms with Crippen LogP contribution >= 0.6 is 11.6 Å². The van der Waals surface area contributed by atoms with Crippen LogP contribution in [0.5, 0.6) is 0 Å². The van der Waals surface area contributed by atoms with E-state index in [1.54, 1.807) is 39.0 Å². The number of halogens is 1. The first-order valence-corrected chi connectivity index (χ1v) is 21.0. The van der Waals surface area contributed by atoms with Gasteiger partial charge in [-0.3, -0.25) is 19.3 Å². The molecule has 5 aliphatic rings. The van der Waals surface area contributed by atoms with Gasteiger partial charge in [0.2, 0.25) is 11.8 Å². The number of fused-ring (bicyclic) bond motifs is 3. The molecule has 4 N–H and O–H groups in total. The van der Waals surface area contributed by atoms with E-state index in [1.807, 2.05) is 12.1 Å². The highest BCUT2D eigenvalue weighted by Crippen LogP contribution is 2.45. The Bertz CT molecular complexity index is 1860. The van der Waals surface area contributed by atoms with Crippen molar-refractivity contribution < 1.29 is 41.9 Å². The predicted molar refractivity (Wildman–Crippen MR) is 201 cm³/mol. The van der Waals surface area contributed by atoms with Gasteiger partial charge in [-0.1, -0.05) is 49.4 Å². The van der Waals surface area contributed by atoms with E-state index in [2.05, 4.69) is 25.8 Å². The summed E-state index contributed by atoms with van der Waals surface area (Å²) in [6, 6.07) is 2.83. The average molecular weight is 803 g/mol. The first-order valence-electron chi connectivity index (χ1n) is 19.1. The second-order valence-corrected chi connectivity index (χ2v) is 18.0. The lowest BCUT2D eigenvalue weighted by atomic mass is 10.0. The second kappa shape index (κ2) is 16.5. The fraction of sp³-hybridized carbons (Fsp3) is 0.632. The van der Waals surface area contributed by atoms with Crippen molar-refractivity contribution in [1.29, 1.82) is 0 Å². The van der Waals surface area contributed by atoms with Crippen molar-refractivity contribution in [3.63, 3.8) is 0 Å². The summed E-state index contributed by atoms with van der Waals surface area (Å²) >= 11 is 6.37. The van der Waals surface area contributed by atoms with Crippen molar-refractivity contribution in [3.05, 3.63) is 52.2 Å². The third kappa shape index (κ3) is 10.0. The highest BCUT2D eigenvalue weighted by molar-refractivity contribution is 7.88. The van der Waals surface area contributed by atoms with Crippen molar-refractivity contribution in [2.45, 2.75) is 140 Å². The summed E-state index contributed by atoms with van der Waals surface area (Å²) in [7, 11) is -4.25. The topological polar surface area (TPSA) is 193 Å². The third-order valence-electron chi connectivity index (χ3n) is 10.7. The molecule has 0 unspecified atom stereocenters. The Labute approximate surface area is 327 Å². The number of amides is 5. The van der Waals surface area contributed by atoms with Gasteiger partial charge in [-0.2, -0.15) is 13.1 Å². The van der Waals surface area contributed by atoms with Crippen LogP contribution in [0.25, 0.3) is 0 Å². The van der Waals surface area contributed by atoms with Crippen molar-refractivity contribution in [2.24, 2.45) is 5.92 Å². The maximum atomic E-state index is 14.4. The molecule has 6 rings (SSSR count). The van der Waals surface area contributed by atoms with Gasteiger partial charge in [0, 0.05) is 29.9 Å². The standard InChI is InChI=1S/C38H51ClN6O9S/c1-37(2,3)54-35(49)40-30-18-9-7-5-4-6-8-14-25-20-38(25,34(48)43-55(51,52)42-26-15-10-11-16-26)41-32(46)31-19-27(22-45(31)33(30)47)53-36(50)44-21-24-13-12-17-29(39)28(24)23-44/h6,12-14,17,25-27,30-31,42H,4-5,7,9-11,15-16,18-23H2,1-3H3,(H,40,49)(H,41,46)(H,43,48)/t8?,25-,27-,30+,31+,38-/m1/s1. The molecular formula is C38H51ClN6O9S. The lowest BCUT2D eigenvalue weighted by molar-refractivity contribution is -0.141. The van der Waals surface area contributed by atoms with E-state index in [0.29, 0.717) is 30.7 Å². The van der Waals surface area contributed by atoms with Crippen LogP contribution in [-0.2, 0) is 47.2 Å². The molecule has 15 nitrogen and oxygen atoms in total. The summed E-state index contributed by atoms with van der Waals surface area (Å²) in [5.74, 6) is -2.80. The van der Waals surface area contributed by atoms with Crippen molar-refractivity contribution in [1.82, 2.24) is 29.9 Å². The number of benzene rings is 1. The van der Waals surface area contributed by atoms with E-state index in [9.17, 15) is 32.4 Å².